The largest absolute Gasteiger partial charge is 0.379 e. The van der Waals surface area contributed by atoms with Gasteiger partial charge in [-0.3, -0.25) is 4.90 Å². The van der Waals surface area contributed by atoms with Gasteiger partial charge in [0.2, 0.25) is 0 Å². The molecule has 2 unspecified atom stereocenters. The first-order valence-electron chi connectivity index (χ1n) is 7.07. The first-order chi connectivity index (χ1) is 9.56. The fourth-order valence-corrected chi connectivity index (χ4v) is 2.59. The summed E-state index contributed by atoms with van der Waals surface area (Å²) in [7, 11) is 0. The number of rotatable bonds is 5. The Hall–Kier alpha value is -1.04. The van der Waals surface area contributed by atoms with Crippen molar-refractivity contribution in [3.63, 3.8) is 0 Å². The third kappa shape index (κ3) is 4.23. The molecule has 1 heterocycles. The third-order valence-electron chi connectivity index (χ3n) is 3.59. The highest BCUT2D eigenvalue weighted by atomic mass is 19.1. The van der Waals surface area contributed by atoms with Gasteiger partial charge in [0.15, 0.2) is 0 Å². The second kappa shape index (κ2) is 7.11. The average Bonchev–Trinajstić information content (AvgIpc) is 2.42. The lowest BCUT2D eigenvalue weighted by Crippen LogP contribution is -2.45. The number of ether oxygens (including phenoxy) is 1. The van der Waals surface area contributed by atoms with Crippen molar-refractivity contribution < 1.29 is 13.5 Å². The van der Waals surface area contributed by atoms with Crippen LogP contribution in [0.25, 0.3) is 0 Å². The molecule has 0 radical (unpaired) electrons. The van der Waals surface area contributed by atoms with Gasteiger partial charge in [0.1, 0.15) is 11.6 Å². The molecule has 0 aromatic heterocycles. The van der Waals surface area contributed by atoms with Crippen LogP contribution in [0.4, 0.5) is 8.78 Å². The molecule has 0 spiro atoms. The van der Waals surface area contributed by atoms with Crippen LogP contribution in [-0.2, 0) is 4.74 Å². The molecule has 2 atom stereocenters. The zero-order chi connectivity index (χ0) is 14.5. The minimum absolute atomic E-state index is 0.200. The number of nitrogens with one attached hydrogen (secondary N) is 1. The topological polar surface area (TPSA) is 24.5 Å². The van der Waals surface area contributed by atoms with E-state index in [1.54, 1.807) is 0 Å². The Morgan fingerprint density at radius 1 is 1.25 bits per heavy atom. The van der Waals surface area contributed by atoms with Crippen LogP contribution >= 0.6 is 0 Å². The molecule has 1 aliphatic heterocycles. The van der Waals surface area contributed by atoms with E-state index in [1.165, 1.54) is 12.1 Å². The first-order valence-corrected chi connectivity index (χ1v) is 7.07. The summed E-state index contributed by atoms with van der Waals surface area (Å²) in [6, 6.07) is 3.56. The summed E-state index contributed by atoms with van der Waals surface area (Å²) in [6.07, 6.45) is 0. The third-order valence-corrected chi connectivity index (χ3v) is 3.59. The standard InChI is InChI=1S/C15H22F2N2O/c1-11(10-19-5-7-20-8-6-19)18-12(2)14-9-13(16)3-4-15(14)17/h3-4,9,11-12,18H,5-8,10H2,1-2H3. The highest BCUT2D eigenvalue weighted by Gasteiger charge is 2.17. The number of morpholine rings is 1. The summed E-state index contributed by atoms with van der Waals surface area (Å²) in [6.45, 7) is 8.17. The summed E-state index contributed by atoms with van der Waals surface area (Å²) < 4.78 is 32.2. The molecule has 0 amide bonds. The highest BCUT2D eigenvalue weighted by Crippen LogP contribution is 2.18. The summed E-state index contributed by atoms with van der Waals surface area (Å²) in [4.78, 5) is 2.32. The predicted molar refractivity (Wildman–Crippen MR) is 74.6 cm³/mol. The lowest BCUT2D eigenvalue weighted by Gasteiger charge is -2.30. The summed E-state index contributed by atoms with van der Waals surface area (Å²) in [5.41, 5.74) is 0.374. The van der Waals surface area contributed by atoms with Crippen molar-refractivity contribution >= 4 is 0 Å². The molecule has 1 fully saturated rings. The van der Waals surface area contributed by atoms with Crippen LogP contribution in [0, 0.1) is 11.6 Å². The zero-order valence-electron chi connectivity index (χ0n) is 12.0. The van der Waals surface area contributed by atoms with Crippen molar-refractivity contribution in [3.05, 3.63) is 35.4 Å². The van der Waals surface area contributed by atoms with Gasteiger partial charge >= 0.3 is 0 Å². The van der Waals surface area contributed by atoms with E-state index in [9.17, 15) is 8.78 Å². The van der Waals surface area contributed by atoms with E-state index >= 15 is 0 Å². The van der Waals surface area contributed by atoms with Gasteiger partial charge in [-0.25, -0.2) is 8.78 Å². The van der Waals surface area contributed by atoms with E-state index in [0.717, 1.165) is 38.9 Å². The van der Waals surface area contributed by atoms with Gasteiger partial charge < -0.3 is 10.1 Å². The fourth-order valence-electron chi connectivity index (χ4n) is 2.59. The molecule has 0 saturated carbocycles. The van der Waals surface area contributed by atoms with E-state index in [4.69, 9.17) is 4.74 Å². The molecule has 0 bridgehead atoms. The van der Waals surface area contributed by atoms with Gasteiger partial charge in [-0.15, -0.1) is 0 Å². The van der Waals surface area contributed by atoms with Crippen molar-refractivity contribution in [1.82, 2.24) is 10.2 Å². The molecule has 112 valence electrons. The highest BCUT2D eigenvalue weighted by molar-refractivity contribution is 5.21. The lowest BCUT2D eigenvalue weighted by molar-refractivity contribution is 0.0339. The molecule has 1 aliphatic rings. The average molecular weight is 284 g/mol. The van der Waals surface area contributed by atoms with Gasteiger partial charge in [0.25, 0.3) is 0 Å². The number of benzene rings is 1. The quantitative estimate of drug-likeness (QED) is 0.898. The van der Waals surface area contributed by atoms with Gasteiger partial charge in [-0.1, -0.05) is 0 Å². The van der Waals surface area contributed by atoms with E-state index in [1.807, 2.05) is 6.92 Å². The normalized spacial score (nSPS) is 19.8. The monoisotopic (exact) mass is 284 g/mol. The number of hydrogen-bond acceptors (Lipinski definition) is 3. The van der Waals surface area contributed by atoms with Crippen LogP contribution in [0.15, 0.2) is 18.2 Å². The SMILES string of the molecule is CC(CN1CCOCC1)NC(C)c1cc(F)ccc1F. The Balaban J connectivity index is 1.89. The van der Waals surface area contributed by atoms with Crippen molar-refractivity contribution in [2.45, 2.75) is 25.9 Å². The molecule has 1 N–H and O–H groups in total. The zero-order valence-corrected chi connectivity index (χ0v) is 12.0. The number of halogens is 2. The smallest absolute Gasteiger partial charge is 0.128 e. The Kier molecular flexibility index (Phi) is 5.46. The van der Waals surface area contributed by atoms with Gasteiger partial charge in [-0.2, -0.15) is 0 Å². The summed E-state index contributed by atoms with van der Waals surface area (Å²) in [5.74, 6) is -0.777. The minimum Gasteiger partial charge on any atom is -0.379 e. The molecule has 1 saturated heterocycles. The maximum atomic E-state index is 13.7. The van der Waals surface area contributed by atoms with Crippen LogP contribution < -0.4 is 5.32 Å². The molecular formula is C15H22F2N2O. The number of nitrogens with zero attached hydrogens (tertiary/aromatic N) is 1. The molecule has 20 heavy (non-hydrogen) atoms. The van der Waals surface area contributed by atoms with Crippen molar-refractivity contribution in [3.8, 4) is 0 Å². The molecular weight excluding hydrogens is 262 g/mol. The van der Waals surface area contributed by atoms with Crippen molar-refractivity contribution in [1.29, 1.82) is 0 Å². The van der Waals surface area contributed by atoms with Crippen LogP contribution in [0.1, 0.15) is 25.5 Å². The van der Waals surface area contributed by atoms with E-state index < -0.39 is 5.82 Å². The van der Waals surface area contributed by atoms with Gasteiger partial charge in [0.05, 0.1) is 13.2 Å². The van der Waals surface area contributed by atoms with E-state index in [2.05, 4.69) is 17.1 Å². The van der Waals surface area contributed by atoms with E-state index in [0.29, 0.717) is 5.56 Å². The second-order valence-electron chi connectivity index (χ2n) is 5.37. The van der Waals surface area contributed by atoms with Crippen LogP contribution in [-0.4, -0.2) is 43.8 Å². The molecule has 0 aliphatic carbocycles. The Bertz CT molecular complexity index is 436. The number of hydrogen-bond donors (Lipinski definition) is 1. The Morgan fingerprint density at radius 3 is 2.65 bits per heavy atom. The van der Waals surface area contributed by atoms with Crippen molar-refractivity contribution in [2.24, 2.45) is 0 Å². The molecule has 2 rings (SSSR count). The Morgan fingerprint density at radius 2 is 1.95 bits per heavy atom. The van der Waals surface area contributed by atoms with Crippen LogP contribution in [0.2, 0.25) is 0 Å². The fraction of sp³-hybridized carbons (Fsp3) is 0.600. The van der Waals surface area contributed by atoms with E-state index in [-0.39, 0.29) is 17.9 Å². The lowest BCUT2D eigenvalue weighted by atomic mass is 10.1. The summed E-state index contributed by atoms with van der Waals surface area (Å²) >= 11 is 0. The van der Waals surface area contributed by atoms with Crippen molar-refractivity contribution in [2.75, 3.05) is 32.8 Å². The molecule has 1 aromatic carbocycles. The minimum atomic E-state index is -0.407. The van der Waals surface area contributed by atoms with Gasteiger partial charge in [0, 0.05) is 37.3 Å². The van der Waals surface area contributed by atoms with Gasteiger partial charge in [-0.05, 0) is 32.0 Å². The van der Waals surface area contributed by atoms with Crippen LogP contribution in [0.3, 0.4) is 0 Å². The predicted octanol–water partition coefficient (Wildman–Crippen LogP) is 2.34. The Labute approximate surface area is 118 Å². The maximum Gasteiger partial charge on any atom is 0.128 e. The maximum absolute atomic E-state index is 13.7. The summed E-state index contributed by atoms with van der Waals surface area (Å²) in [5, 5.41) is 3.32. The molecule has 3 nitrogen and oxygen atoms in total. The van der Waals surface area contributed by atoms with Crippen LogP contribution in [0.5, 0.6) is 0 Å². The molecule has 1 aromatic rings. The molecule has 5 heteroatoms. The first kappa shape index (κ1) is 15.4. The second-order valence-corrected chi connectivity index (χ2v) is 5.37.